The second-order valence-electron chi connectivity index (χ2n) is 3.46. The zero-order valence-electron chi connectivity index (χ0n) is 9.41. The molecule has 2 amide bonds. The first-order valence-corrected chi connectivity index (χ1v) is 4.95. The quantitative estimate of drug-likeness (QED) is 0.549. The fourth-order valence-electron chi connectivity index (χ4n) is 1.09. The zero-order chi connectivity index (χ0) is 13.7. The van der Waals surface area contributed by atoms with Crippen molar-refractivity contribution in [3.8, 4) is 0 Å². The summed E-state index contributed by atoms with van der Waals surface area (Å²) in [6.07, 6.45) is 0. The molecule has 0 spiro atoms. The minimum atomic E-state index is -1.16. The van der Waals surface area contributed by atoms with Gasteiger partial charge in [0, 0.05) is 17.8 Å². The number of non-ortho nitro benzene ring substituents is 1. The fourth-order valence-corrected chi connectivity index (χ4v) is 1.09. The first kappa shape index (κ1) is 13.4. The van der Waals surface area contributed by atoms with Crippen LogP contribution in [-0.4, -0.2) is 28.1 Å². The van der Waals surface area contributed by atoms with Crippen molar-refractivity contribution in [1.82, 2.24) is 5.32 Å². The molecule has 8 nitrogen and oxygen atoms in total. The molecule has 8 heteroatoms. The molecule has 0 aliphatic rings. The highest BCUT2D eigenvalue weighted by Crippen LogP contribution is 2.15. The lowest BCUT2D eigenvalue weighted by Gasteiger charge is -2.10. The second-order valence-corrected chi connectivity index (χ2v) is 3.46. The van der Waals surface area contributed by atoms with E-state index in [-0.39, 0.29) is 5.69 Å². The summed E-state index contributed by atoms with van der Waals surface area (Å²) in [7, 11) is 0. The smallest absolute Gasteiger partial charge is 0.325 e. The number of aliphatic carboxylic acids is 1. The lowest BCUT2D eigenvalue weighted by molar-refractivity contribution is -0.384. The van der Waals surface area contributed by atoms with Gasteiger partial charge in [0.25, 0.3) is 5.69 Å². The Bertz CT molecular complexity index is 471. The number of urea groups is 1. The van der Waals surface area contributed by atoms with Crippen LogP contribution < -0.4 is 10.6 Å². The van der Waals surface area contributed by atoms with Gasteiger partial charge in [-0.3, -0.25) is 14.9 Å². The monoisotopic (exact) mass is 253 g/mol. The number of carboxylic acid groups (broad SMARTS) is 1. The number of carbonyl (C=O) groups is 2. The molecule has 1 aromatic carbocycles. The van der Waals surface area contributed by atoms with Crippen molar-refractivity contribution in [3.05, 3.63) is 34.4 Å². The number of hydrogen-bond donors (Lipinski definition) is 3. The number of nitrogens with one attached hydrogen (secondary N) is 2. The first-order valence-electron chi connectivity index (χ1n) is 4.95. The fraction of sp³-hybridized carbons (Fsp3) is 0.200. The molecule has 0 saturated heterocycles. The summed E-state index contributed by atoms with van der Waals surface area (Å²) < 4.78 is 0. The van der Waals surface area contributed by atoms with Crippen LogP contribution in [0, 0.1) is 10.1 Å². The third-order valence-corrected chi connectivity index (χ3v) is 2.05. The van der Waals surface area contributed by atoms with Crippen LogP contribution in [0.5, 0.6) is 0 Å². The number of anilines is 1. The molecule has 1 aromatic rings. The van der Waals surface area contributed by atoms with Crippen molar-refractivity contribution < 1.29 is 19.6 Å². The van der Waals surface area contributed by atoms with E-state index in [9.17, 15) is 19.7 Å². The summed E-state index contributed by atoms with van der Waals surface area (Å²) in [6.45, 7) is 1.32. The number of rotatable bonds is 4. The molecule has 3 N–H and O–H groups in total. The van der Waals surface area contributed by atoms with E-state index in [1.54, 1.807) is 0 Å². The van der Waals surface area contributed by atoms with Crippen molar-refractivity contribution in [2.45, 2.75) is 13.0 Å². The normalized spacial score (nSPS) is 11.4. The van der Waals surface area contributed by atoms with E-state index in [0.29, 0.717) is 5.69 Å². The highest BCUT2D eigenvalue weighted by molar-refractivity contribution is 5.92. The summed E-state index contributed by atoms with van der Waals surface area (Å²) >= 11 is 0. The Morgan fingerprint density at radius 1 is 1.33 bits per heavy atom. The van der Waals surface area contributed by atoms with Gasteiger partial charge in [-0.15, -0.1) is 0 Å². The van der Waals surface area contributed by atoms with Gasteiger partial charge in [-0.1, -0.05) is 0 Å². The van der Waals surface area contributed by atoms with E-state index in [0.717, 1.165) is 0 Å². The summed E-state index contributed by atoms with van der Waals surface area (Å²) in [6, 6.07) is 3.44. The predicted molar refractivity (Wildman–Crippen MR) is 62.3 cm³/mol. The SMILES string of the molecule is C[C@@H](NC(=O)Nc1ccc([N+](=O)[O-])cc1)C(=O)O. The van der Waals surface area contributed by atoms with Gasteiger partial charge in [-0.05, 0) is 19.1 Å². The standard InChI is InChI=1S/C10H11N3O5/c1-6(9(14)15)11-10(16)12-7-2-4-8(5-3-7)13(17)18/h2-6H,1H3,(H,14,15)(H2,11,12,16)/t6-/m1/s1. The number of nitrogens with zero attached hydrogens (tertiary/aromatic N) is 1. The van der Waals surface area contributed by atoms with Crippen molar-refractivity contribution in [2.24, 2.45) is 0 Å². The van der Waals surface area contributed by atoms with E-state index in [2.05, 4.69) is 10.6 Å². The van der Waals surface area contributed by atoms with E-state index in [4.69, 9.17) is 5.11 Å². The number of carbonyl (C=O) groups excluding carboxylic acids is 1. The average molecular weight is 253 g/mol. The highest BCUT2D eigenvalue weighted by atomic mass is 16.6. The average Bonchev–Trinajstić information content (AvgIpc) is 2.29. The Morgan fingerprint density at radius 3 is 2.33 bits per heavy atom. The Labute approximate surface area is 102 Å². The van der Waals surface area contributed by atoms with Gasteiger partial charge in [0.2, 0.25) is 0 Å². The highest BCUT2D eigenvalue weighted by Gasteiger charge is 2.14. The van der Waals surface area contributed by atoms with Crippen LogP contribution in [0.2, 0.25) is 0 Å². The number of carboxylic acids is 1. The molecule has 0 aliphatic heterocycles. The van der Waals surface area contributed by atoms with Crippen LogP contribution in [0.25, 0.3) is 0 Å². The molecule has 0 aliphatic carbocycles. The molecular weight excluding hydrogens is 242 g/mol. The van der Waals surface area contributed by atoms with E-state index >= 15 is 0 Å². The second kappa shape index (κ2) is 5.62. The van der Waals surface area contributed by atoms with Crippen LogP contribution in [0.3, 0.4) is 0 Å². The summed E-state index contributed by atoms with van der Waals surface area (Å²) in [4.78, 5) is 31.7. The molecule has 0 aromatic heterocycles. The van der Waals surface area contributed by atoms with Gasteiger partial charge < -0.3 is 15.7 Å². The molecule has 1 rings (SSSR count). The maximum atomic E-state index is 11.3. The van der Waals surface area contributed by atoms with Gasteiger partial charge >= 0.3 is 12.0 Å². The molecule has 0 unspecified atom stereocenters. The van der Waals surface area contributed by atoms with E-state index in [1.807, 2.05) is 0 Å². The van der Waals surface area contributed by atoms with Gasteiger partial charge in [0.15, 0.2) is 0 Å². The molecule has 0 heterocycles. The minimum Gasteiger partial charge on any atom is -0.480 e. The van der Waals surface area contributed by atoms with Crippen LogP contribution >= 0.6 is 0 Å². The lowest BCUT2D eigenvalue weighted by Crippen LogP contribution is -2.40. The van der Waals surface area contributed by atoms with Gasteiger partial charge in [-0.2, -0.15) is 0 Å². The zero-order valence-corrected chi connectivity index (χ0v) is 9.41. The van der Waals surface area contributed by atoms with Gasteiger partial charge in [-0.25, -0.2) is 4.79 Å². The number of hydrogen-bond acceptors (Lipinski definition) is 4. The maximum absolute atomic E-state index is 11.3. The molecule has 18 heavy (non-hydrogen) atoms. The number of nitro benzene ring substituents is 1. The third-order valence-electron chi connectivity index (χ3n) is 2.05. The van der Waals surface area contributed by atoms with Crippen LogP contribution in [0.4, 0.5) is 16.2 Å². The van der Waals surface area contributed by atoms with Gasteiger partial charge in [0.05, 0.1) is 4.92 Å². The van der Waals surface area contributed by atoms with Gasteiger partial charge in [0.1, 0.15) is 6.04 Å². The van der Waals surface area contributed by atoms with E-state index < -0.39 is 23.0 Å². The minimum absolute atomic E-state index is 0.0973. The van der Waals surface area contributed by atoms with Crippen molar-refractivity contribution >= 4 is 23.4 Å². The molecular formula is C10H11N3O5. The van der Waals surface area contributed by atoms with Crippen LogP contribution in [0.1, 0.15) is 6.92 Å². The molecule has 96 valence electrons. The summed E-state index contributed by atoms with van der Waals surface area (Å²) in [5.41, 5.74) is 0.232. The van der Waals surface area contributed by atoms with E-state index in [1.165, 1.54) is 31.2 Å². The van der Waals surface area contributed by atoms with Crippen LogP contribution in [-0.2, 0) is 4.79 Å². The first-order chi connectivity index (χ1) is 8.40. The number of nitro groups is 1. The summed E-state index contributed by atoms with van der Waals surface area (Å²) in [5.74, 6) is -1.16. The topological polar surface area (TPSA) is 122 Å². The largest absolute Gasteiger partial charge is 0.480 e. The summed E-state index contributed by atoms with van der Waals surface area (Å²) in [5, 5.41) is 23.5. The Hall–Kier alpha value is -2.64. The number of benzene rings is 1. The van der Waals surface area contributed by atoms with Crippen molar-refractivity contribution in [2.75, 3.05) is 5.32 Å². The van der Waals surface area contributed by atoms with Crippen molar-refractivity contribution in [3.63, 3.8) is 0 Å². The Kier molecular flexibility index (Phi) is 4.19. The Morgan fingerprint density at radius 2 is 1.89 bits per heavy atom. The Balaban J connectivity index is 2.60. The molecule has 0 fully saturated rings. The third kappa shape index (κ3) is 3.74. The lowest BCUT2D eigenvalue weighted by atomic mass is 10.3. The molecule has 0 radical (unpaired) electrons. The molecule has 1 atom stereocenters. The maximum Gasteiger partial charge on any atom is 0.325 e. The van der Waals surface area contributed by atoms with Crippen molar-refractivity contribution in [1.29, 1.82) is 0 Å². The number of amides is 2. The van der Waals surface area contributed by atoms with Crippen LogP contribution in [0.15, 0.2) is 24.3 Å². The molecule has 0 saturated carbocycles. The molecule has 0 bridgehead atoms. The predicted octanol–water partition coefficient (Wildman–Crippen LogP) is 1.19.